The van der Waals surface area contributed by atoms with Gasteiger partial charge in [0.05, 0.1) is 0 Å². The largest absolute Gasteiger partial charge is 0.346 e. The number of nitrogens with one attached hydrogen (secondary N) is 1. The minimum Gasteiger partial charge on any atom is -0.346 e. The van der Waals surface area contributed by atoms with Gasteiger partial charge in [-0.1, -0.05) is 13.0 Å². The van der Waals surface area contributed by atoms with E-state index in [1.165, 1.54) is 0 Å². The van der Waals surface area contributed by atoms with Crippen LogP contribution in [-0.4, -0.2) is 50.7 Å². The Morgan fingerprint density at radius 2 is 2.13 bits per heavy atom. The molecule has 2 atom stereocenters. The van der Waals surface area contributed by atoms with Crippen molar-refractivity contribution in [3.8, 4) is 5.82 Å². The number of likely N-dealkylation sites (tertiary alicyclic amines) is 1. The standard InChI is InChI=1S/C17H23N5O/c1-12(2)21-10-13(3)15(11-21)20-17(23)14-6-4-7-16(19-14)22-9-5-8-18-22/h4-9,12-13,15H,10-11H2,1-3H3,(H,20,23). The fourth-order valence-corrected chi connectivity index (χ4v) is 2.94. The molecule has 0 aliphatic carbocycles. The van der Waals surface area contributed by atoms with Gasteiger partial charge in [-0.2, -0.15) is 5.10 Å². The molecule has 3 heterocycles. The first-order valence-electron chi connectivity index (χ1n) is 8.06. The van der Waals surface area contributed by atoms with Crippen LogP contribution in [0.15, 0.2) is 36.7 Å². The lowest BCUT2D eigenvalue weighted by atomic mass is 10.1. The molecular weight excluding hydrogens is 290 g/mol. The van der Waals surface area contributed by atoms with Gasteiger partial charge in [0.1, 0.15) is 5.69 Å². The molecule has 1 aliphatic heterocycles. The van der Waals surface area contributed by atoms with E-state index in [1.807, 2.05) is 24.4 Å². The van der Waals surface area contributed by atoms with Crippen molar-refractivity contribution < 1.29 is 4.79 Å². The van der Waals surface area contributed by atoms with Crippen molar-refractivity contribution in [3.63, 3.8) is 0 Å². The molecule has 2 aromatic rings. The maximum Gasteiger partial charge on any atom is 0.270 e. The minimum absolute atomic E-state index is 0.124. The quantitative estimate of drug-likeness (QED) is 0.933. The third-order valence-electron chi connectivity index (χ3n) is 4.39. The van der Waals surface area contributed by atoms with E-state index < -0.39 is 0 Å². The molecule has 0 bridgehead atoms. The fraction of sp³-hybridized carbons (Fsp3) is 0.471. The second-order valence-electron chi connectivity index (χ2n) is 6.44. The highest BCUT2D eigenvalue weighted by molar-refractivity contribution is 5.92. The normalized spacial score (nSPS) is 21.7. The molecule has 23 heavy (non-hydrogen) atoms. The summed E-state index contributed by atoms with van der Waals surface area (Å²) in [4.78, 5) is 19.3. The number of nitrogens with zero attached hydrogens (tertiary/aromatic N) is 4. The molecule has 0 aromatic carbocycles. The molecule has 1 fully saturated rings. The summed E-state index contributed by atoms with van der Waals surface area (Å²) in [6.45, 7) is 8.46. The average molecular weight is 313 g/mol. The van der Waals surface area contributed by atoms with E-state index in [0.29, 0.717) is 23.5 Å². The second-order valence-corrected chi connectivity index (χ2v) is 6.44. The van der Waals surface area contributed by atoms with E-state index in [-0.39, 0.29) is 11.9 Å². The molecule has 122 valence electrons. The highest BCUT2D eigenvalue weighted by Crippen LogP contribution is 2.19. The van der Waals surface area contributed by atoms with Crippen molar-refractivity contribution >= 4 is 5.91 Å². The van der Waals surface area contributed by atoms with Crippen LogP contribution in [0.2, 0.25) is 0 Å². The number of rotatable bonds is 4. The number of aromatic nitrogens is 3. The Morgan fingerprint density at radius 1 is 1.30 bits per heavy atom. The molecule has 2 unspecified atom stereocenters. The van der Waals surface area contributed by atoms with E-state index in [1.54, 1.807) is 16.9 Å². The number of hydrogen-bond donors (Lipinski definition) is 1. The Balaban J connectivity index is 1.70. The predicted molar refractivity (Wildman–Crippen MR) is 88.5 cm³/mol. The van der Waals surface area contributed by atoms with Crippen LogP contribution in [0.4, 0.5) is 0 Å². The summed E-state index contributed by atoms with van der Waals surface area (Å²) >= 11 is 0. The second kappa shape index (κ2) is 6.50. The van der Waals surface area contributed by atoms with Crippen molar-refractivity contribution in [1.82, 2.24) is 25.0 Å². The zero-order valence-electron chi connectivity index (χ0n) is 13.8. The van der Waals surface area contributed by atoms with Crippen molar-refractivity contribution in [3.05, 3.63) is 42.4 Å². The van der Waals surface area contributed by atoms with Gasteiger partial charge in [-0.15, -0.1) is 0 Å². The van der Waals surface area contributed by atoms with E-state index >= 15 is 0 Å². The Morgan fingerprint density at radius 3 is 2.78 bits per heavy atom. The molecule has 0 saturated carbocycles. The van der Waals surface area contributed by atoms with Gasteiger partial charge in [0.15, 0.2) is 5.82 Å². The molecular formula is C17H23N5O. The number of pyridine rings is 1. The highest BCUT2D eigenvalue weighted by atomic mass is 16.2. The Labute approximate surface area is 136 Å². The first-order chi connectivity index (χ1) is 11.0. The van der Waals surface area contributed by atoms with Gasteiger partial charge >= 0.3 is 0 Å². The predicted octanol–water partition coefficient (Wildman–Crippen LogP) is 1.73. The monoisotopic (exact) mass is 313 g/mol. The Hall–Kier alpha value is -2.21. The number of carbonyl (C=O) groups is 1. The van der Waals surface area contributed by atoms with Crippen LogP contribution < -0.4 is 5.32 Å². The Kier molecular flexibility index (Phi) is 4.43. The molecule has 1 saturated heterocycles. The molecule has 0 radical (unpaired) electrons. The van der Waals surface area contributed by atoms with Gasteiger partial charge in [-0.05, 0) is 38.0 Å². The molecule has 6 heteroatoms. The molecule has 1 amide bonds. The van der Waals surface area contributed by atoms with E-state index in [2.05, 4.69) is 41.1 Å². The van der Waals surface area contributed by atoms with Gasteiger partial charge in [0.25, 0.3) is 5.91 Å². The molecule has 6 nitrogen and oxygen atoms in total. The van der Waals surface area contributed by atoms with Gasteiger partial charge in [-0.3, -0.25) is 9.69 Å². The van der Waals surface area contributed by atoms with E-state index in [4.69, 9.17) is 0 Å². The number of amides is 1. The van der Waals surface area contributed by atoms with Crippen LogP contribution in [0.1, 0.15) is 31.3 Å². The van der Waals surface area contributed by atoms with Crippen LogP contribution in [0.5, 0.6) is 0 Å². The lowest BCUT2D eigenvalue weighted by Crippen LogP contribution is -2.40. The topological polar surface area (TPSA) is 63.1 Å². The van der Waals surface area contributed by atoms with Crippen molar-refractivity contribution in [1.29, 1.82) is 0 Å². The minimum atomic E-state index is -0.124. The van der Waals surface area contributed by atoms with Gasteiger partial charge < -0.3 is 5.32 Å². The fourth-order valence-electron chi connectivity index (χ4n) is 2.94. The summed E-state index contributed by atoms with van der Waals surface area (Å²) < 4.78 is 1.65. The first-order valence-corrected chi connectivity index (χ1v) is 8.06. The lowest BCUT2D eigenvalue weighted by Gasteiger charge is -2.20. The third kappa shape index (κ3) is 3.42. The molecule has 1 N–H and O–H groups in total. The maximum absolute atomic E-state index is 12.5. The molecule has 0 spiro atoms. The van der Waals surface area contributed by atoms with Gasteiger partial charge in [0.2, 0.25) is 0 Å². The summed E-state index contributed by atoms with van der Waals surface area (Å²) in [5, 5.41) is 7.28. The summed E-state index contributed by atoms with van der Waals surface area (Å²) in [5.74, 6) is 0.961. The van der Waals surface area contributed by atoms with Crippen molar-refractivity contribution in [2.75, 3.05) is 13.1 Å². The summed E-state index contributed by atoms with van der Waals surface area (Å²) in [7, 11) is 0. The number of hydrogen-bond acceptors (Lipinski definition) is 4. The SMILES string of the molecule is CC1CN(C(C)C)CC1NC(=O)c1cccc(-n2cccn2)n1. The lowest BCUT2D eigenvalue weighted by molar-refractivity contribution is 0.0925. The summed E-state index contributed by atoms with van der Waals surface area (Å²) in [5.41, 5.74) is 0.424. The Bertz CT molecular complexity index is 667. The van der Waals surface area contributed by atoms with Crippen LogP contribution in [-0.2, 0) is 0 Å². The zero-order valence-corrected chi connectivity index (χ0v) is 13.8. The maximum atomic E-state index is 12.5. The van der Waals surface area contributed by atoms with Gasteiger partial charge in [-0.25, -0.2) is 9.67 Å². The van der Waals surface area contributed by atoms with Crippen molar-refractivity contribution in [2.24, 2.45) is 5.92 Å². The number of carbonyl (C=O) groups excluding carboxylic acids is 1. The summed E-state index contributed by atoms with van der Waals surface area (Å²) in [6, 6.07) is 7.90. The van der Waals surface area contributed by atoms with Crippen LogP contribution in [0.25, 0.3) is 5.82 Å². The first kappa shape index (κ1) is 15.7. The molecule has 2 aromatic heterocycles. The van der Waals surface area contributed by atoms with Crippen molar-refractivity contribution in [2.45, 2.75) is 32.9 Å². The zero-order chi connectivity index (χ0) is 16.4. The van der Waals surface area contributed by atoms with Crippen LogP contribution >= 0.6 is 0 Å². The van der Waals surface area contributed by atoms with Gasteiger partial charge in [0, 0.05) is 37.6 Å². The summed E-state index contributed by atoms with van der Waals surface area (Å²) in [6.07, 6.45) is 3.50. The van der Waals surface area contributed by atoms with Crippen LogP contribution in [0, 0.1) is 5.92 Å². The molecule has 3 rings (SSSR count). The average Bonchev–Trinajstić information content (AvgIpc) is 3.18. The van der Waals surface area contributed by atoms with E-state index in [0.717, 1.165) is 13.1 Å². The third-order valence-corrected chi connectivity index (χ3v) is 4.39. The smallest absolute Gasteiger partial charge is 0.270 e. The highest BCUT2D eigenvalue weighted by Gasteiger charge is 2.32. The van der Waals surface area contributed by atoms with E-state index in [9.17, 15) is 4.79 Å². The van der Waals surface area contributed by atoms with Crippen LogP contribution in [0.3, 0.4) is 0 Å². The molecule has 1 aliphatic rings.